The molecular weight excluding hydrogens is 297 g/mol. The standard InChI is InChI=1S/C17H24NO3P/c1-3-20-22(19,21-4-2)13-12-18-14-16-10-7-9-15-8-5-6-11-17(15)16/h5-11,18H,3-4,12-14H2,1-2H3. The summed E-state index contributed by atoms with van der Waals surface area (Å²) in [6, 6.07) is 14.6. The summed E-state index contributed by atoms with van der Waals surface area (Å²) in [7, 11) is -2.95. The molecule has 0 amide bonds. The van der Waals surface area contributed by atoms with Crippen LogP contribution in [0.3, 0.4) is 0 Å². The maximum absolute atomic E-state index is 12.4. The summed E-state index contributed by atoms with van der Waals surface area (Å²) in [6.07, 6.45) is 0.388. The number of benzene rings is 2. The van der Waals surface area contributed by atoms with Gasteiger partial charge in [0.2, 0.25) is 0 Å². The third-order valence-corrected chi connectivity index (χ3v) is 5.48. The number of fused-ring (bicyclic) bond motifs is 1. The zero-order valence-electron chi connectivity index (χ0n) is 13.2. The Hall–Kier alpha value is -1.19. The van der Waals surface area contributed by atoms with E-state index in [4.69, 9.17) is 9.05 Å². The second-order valence-corrected chi connectivity index (χ2v) is 7.17. The van der Waals surface area contributed by atoms with Crippen molar-refractivity contribution < 1.29 is 13.6 Å². The summed E-state index contributed by atoms with van der Waals surface area (Å²) >= 11 is 0. The van der Waals surface area contributed by atoms with E-state index in [1.165, 1.54) is 16.3 Å². The van der Waals surface area contributed by atoms with E-state index in [2.05, 4.69) is 35.6 Å². The van der Waals surface area contributed by atoms with Crippen LogP contribution >= 0.6 is 7.60 Å². The van der Waals surface area contributed by atoms with Crippen LogP contribution in [0.4, 0.5) is 0 Å². The normalized spacial score (nSPS) is 11.9. The highest BCUT2D eigenvalue weighted by molar-refractivity contribution is 7.53. The van der Waals surface area contributed by atoms with Crippen LogP contribution in [0.15, 0.2) is 42.5 Å². The Labute approximate surface area is 132 Å². The van der Waals surface area contributed by atoms with E-state index < -0.39 is 7.60 Å². The fourth-order valence-corrected chi connectivity index (χ4v) is 4.00. The molecule has 0 aliphatic rings. The van der Waals surface area contributed by atoms with Crippen molar-refractivity contribution in [3.8, 4) is 0 Å². The topological polar surface area (TPSA) is 47.6 Å². The van der Waals surface area contributed by atoms with Crippen molar-refractivity contribution in [1.29, 1.82) is 0 Å². The molecule has 0 radical (unpaired) electrons. The first-order chi connectivity index (χ1) is 10.7. The van der Waals surface area contributed by atoms with E-state index in [-0.39, 0.29) is 0 Å². The van der Waals surface area contributed by atoms with Gasteiger partial charge < -0.3 is 14.4 Å². The van der Waals surface area contributed by atoms with E-state index >= 15 is 0 Å². The molecule has 4 nitrogen and oxygen atoms in total. The van der Waals surface area contributed by atoms with Gasteiger partial charge >= 0.3 is 7.60 Å². The predicted molar refractivity (Wildman–Crippen MR) is 91.4 cm³/mol. The maximum atomic E-state index is 12.4. The molecule has 0 saturated carbocycles. The lowest BCUT2D eigenvalue weighted by molar-refractivity contribution is 0.220. The molecule has 5 heteroatoms. The molecule has 0 heterocycles. The van der Waals surface area contributed by atoms with E-state index in [0.717, 1.165) is 6.54 Å². The fourth-order valence-electron chi connectivity index (χ4n) is 2.45. The minimum absolute atomic E-state index is 0.388. The van der Waals surface area contributed by atoms with Crippen molar-refractivity contribution in [1.82, 2.24) is 5.32 Å². The van der Waals surface area contributed by atoms with Crippen molar-refractivity contribution in [2.24, 2.45) is 0 Å². The fraction of sp³-hybridized carbons (Fsp3) is 0.412. The van der Waals surface area contributed by atoms with Crippen LogP contribution in [0.1, 0.15) is 19.4 Å². The minimum atomic E-state index is -2.95. The Morgan fingerprint density at radius 2 is 1.68 bits per heavy atom. The Balaban J connectivity index is 1.91. The van der Waals surface area contributed by atoms with Gasteiger partial charge in [0.15, 0.2) is 0 Å². The molecule has 1 N–H and O–H groups in total. The lowest BCUT2D eigenvalue weighted by atomic mass is 10.0. The average Bonchev–Trinajstić information content (AvgIpc) is 2.52. The number of hydrogen-bond donors (Lipinski definition) is 1. The summed E-state index contributed by atoms with van der Waals surface area (Å²) in [6.45, 7) is 5.80. The molecule has 0 atom stereocenters. The van der Waals surface area contributed by atoms with Crippen LogP contribution in [0, 0.1) is 0 Å². The van der Waals surface area contributed by atoms with Gasteiger partial charge in [-0.1, -0.05) is 42.5 Å². The third kappa shape index (κ3) is 4.65. The Bertz CT molecular complexity index is 629. The molecule has 0 saturated heterocycles. The summed E-state index contributed by atoms with van der Waals surface area (Å²) in [4.78, 5) is 0. The van der Waals surface area contributed by atoms with Crippen molar-refractivity contribution in [2.45, 2.75) is 20.4 Å². The van der Waals surface area contributed by atoms with Crippen molar-refractivity contribution >= 4 is 18.4 Å². The molecule has 2 rings (SSSR count). The van der Waals surface area contributed by atoms with Gasteiger partial charge in [-0.25, -0.2) is 0 Å². The second-order valence-electron chi connectivity index (χ2n) is 4.99. The Morgan fingerprint density at radius 1 is 1.00 bits per heavy atom. The molecule has 22 heavy (non-hydrogen) atoms. The van der Waals surface area contributed by atoms with E-state index in [1.807, 2.05) is 26.0 Å². The van der Waals surface area contributed by atoms with E-state index in [1.54, 1.807) is 0 Å². The van der Waals surface area contributed by atoms with Crippen LogP contribution in [-0.2, 0) is 20.2 Å². The highest BCUT2D eigenvalue weighted by Gasteiger charge is 2.22. The molecule has 2 aromatic carbocycles. The van der Waals surface area contributed by atoms with E-state index in [9.17, 15) is 4.57 Å². The van der Waals surface area contributed by atoms with Gasteiger partial charge in [-0.2, -0.15) is 0 Å². The Kier molecular flexibility index (Phi) is 6.59. The number of rotatable bonds is 9. The first kappa shape index (κ1) is 17.2. The molecule has 0 aromatic heterocycles. The molecule has 0 aliphatic carbocycles. The van der Waals surface area contributed by atoms with E-state index in [0.29, 0.717) is 25.9 Å². The maximum Gasteiger partial charge on any atom is 0.331 e. The minimum Gasteiger partial charge on any atom is -0.312 e. The molecule has 2 aromatic rings. The van der Waals surface area contributed by atoms with Crippen molar-refractivity contribution in [3.05, 3.63) is 48.0 Å². The van der Waals surface area contributed by atoms with Gasteiger partial charge in [0.25, 0.3) is 0 Å². The molecule has 0 unspecified atom stereocenters. The molecule has 0 aliphatic heterocycles. The monoisotopic (exact) mass is 321 g/mol. The smallest absolute Gasteiger partial charge is 0.312 e. The van der Waals surface area contributed by atoms with Gasteiger partial charge in [-0.15, -0.1) is 0 Å². The molecule has 120 valence electrons. The quantitative estimate of drug-likeness (QED) is 0.555. The first-order valence-electron chi connectivity index (χ1n) is 7.74. The van der Waals surface area contributed by atoms with Gasteiger partial charge in [0.05, 0.1) is 19.4 Å². The third-order valence-electron chi connectivity index (χ3n) is 3.41. The van der Waals surface area contributed by atoms with Gasteiger partial charge in [-0.3, -0.25) is 4.57 Å². The largest absolute Gasteiger partial charge is 0.331 e. The number of hydrogen-bond acceptors (Lipinski definition) is 4. The predicted octanol–water partition coefficient (Wildman–Crippen LogP) is 4.20. The van der Waals surface area contributed by atoms with Crippen LogP contribution in [0.2, 0.25) is 0 Å². The highest BCUT2D eigenvalue weighted by Crippen LogP contribution is 2.47. The summed E-state index contributed by atoms with van der Waals surface area (Å²) in [5.41, 5.74) is 1.24. The lowest BCUT2D eigenvalue weighted by Gasteiger charge is -2.17. The molecule has 0 spiro atoms. The summed E-state index contributed by atoms with van der Waals surface area (Å²) in [5, 5.41) is 5.81. The summed E-state index contributed by atoms with van der Waals surface area (Å²) in [5.74, 6) is 0. The Morgan fingerprint density at radius 3 is 2.41 bits per heavy atom. The zero-order chi connectivity index (χ0) is 15.8. The van der Waals surface area contributed by atoms with Gasteiger partial charge in [0.1, 0.15) is 0 Å². The number of nitrogens with one attached hydrogen (secondary N) is 1. The van der Waals surface area contributed by atoms with Crippen LogP contribution in [0.25, 0.3) is 10.8 Å². The second kappa shape index (κ2) is 8.44. The van der Waals surface area contributed by atoms with Crippen molar-refractivity contribution in [3.63, 3.8) is 0 Å². The molecule has 0 fully saturated rings. The van der Waals surface area contributed by atoms with Crippen LogP contribution in [-0.4, -0.2) is 25.9 Å². The van der Waals surface area contributed by atoms with Gasteiger partial charge in [-0.05, 0) is 30.2 Å². The highest BCUT2D eigenvalue weighted by atomic mass is 31.2. The van der Waals surface area contributed by atoms with Gasteiger partial charge in [0, 0.05) is 13.1 Å². The first-order valence-corrected chi connectivity index (χ1v) is 9.47. The lowest BCUT2D eigenvalue weighted by Crippen LogP contribution is -2.19. The SMILES string of the molecule is CCOP(=O)(CCNCc1cccc2ccccc12)OCC. The van der Waals surface area contributed by atoms with Crippen LogP contribution < -0.4 is 5.32 Å². The van der Waals surface area contributed by atoms with Crippen LogP contribution in [0.5, 0.6) is 0 Å². The zero-order valence-corrected chi connectivity index (χ0v) is 14.1. The van der Waals surface area contributed by atoms with Crippen molar-refractivity contribution in [2.75, 3.05) is 25.9 Å². The summed E-state index contributed by atoms with van der Waals surface area (Å²) < 4.78 is 22.9. The molecular formula is C17H24NO3P. The molecule has 0 bridgehead atoms. The average molecular weight is 321 g/mol.